The van der Waals surface area contributed by atoms with E-state index in [9.17, 15) is 18.4 Å². The molecule has 1 N–H and O–H groups in total. The van der Waals surface area contributed by atoms with E-state index < -0.39 is 23.7 Å². The Morgan fingerprint density at radius 1 is 1.32 bits per heavy atom. The van der Waals surface area contributed by atoms with E-state index in [0.29, 0.717) is 16.9 Å². The van der Waals surface area contributed by atoms with Gasteiger partial charge in [0.2, 0.25) is 5.92 Å². The molecule has 0 bridgehead atoms. The number of ether oxygens (including phenoxy) is 2. The van der Waals surface area contributed by atoms with Crippen LogP contribution in [-0.2, 0) is 9.47 Å². The summed E-state index contributed by atoms with van der Waals surface area (Å²) in [5.74, 6) is -3.16. The van der Waals surface area contributed by atoms with Gasteiger partial charge in [0, 0.05) is 25.5 Å². The maximum Gasteiger partial charge on any atom is 0.408 e. The lowest BCUT2D eigenvalue weighted by atomic mass is 9.81. The summed E-state index contributed by atoms with van der Waals surface area (Å²) in [6, 6.07) is 0.961. The number of ketones is 1. The van der Waals surface area contributed by atoms with Crippen molar-refractivity contribution in [3.05, 3.63) is 29.7 Å². The van der Waals surface area contributed by atoms with Crippen LogP contribution < -0.4 is 5.32 Å². The van der Waals surface area contributed by atoms with Gasteiger partial charge >= 0.3 is 6.09 Å². The fraction of sp³-hybridized carbons (Fsp3) is 0.619. The highest BCUT2D eigenvalue weighted by molar-refractivity contribution is 5.97. The summed E-state index contributed by atoms with van der Waals surface area (Å²) < 4.78 is 39.1. The number of alkyl halides is 2. The highest BCUT2D eigenvalue weighted by Gasteiger charge is 2.39. The first-order chi connectivity index (χ1) is 14.5. The van der Waals surface area contributed by atoms with Gasteiger partial charge < -0.3 is 14.8 Å². The molecular formula is C21H28F2N4O4. The van der Waals surface area contributed by atoms with E-state index in [1.807, 2.05) is 0 Å². The smallest absolute Gasteiger partial charge is 0.408 e. The van der Waals surface area contributed by atoms with E-state index in [0.717, 1.165) is 0 Å². The summed E-state index contributed by atoms with van der Waals surface area (Å²) in [6.07, 6.45) is 2.40. The largest absolute Gasteiger partial charge is 0.444 e. The van der Waals surface area contributed by atoms with Crippen LogP contribution in [0, 0.1) is 5.92 Å². The number of hydrogen-bond acceptors (Lipinski definition) is 6. The lowest BCUT2D eigenvalue weighted by molar-refractivity contribution is -0.0500. The number of rotatable bonds is 6. The Bertz CT molecular complexity index is 944. The number of amides is 1. The third-order valence-corrected chi connectivity index (χ3v) is 5.16. The molecule has 1 atom stereocenters. The van der Waals surface area contributed by atoms with Gasteiger partial charge in [0.25, 0.3) is 0 Å². The van der Waals surface area contributed by atoms with Crippen molar-refractivity contribution < 1.29 is 27.8 Å². The molecule has 2 heterocycles. The Kier molecular flexibility index (Phi) is 6.59. The minimum absolute atomic E-state index is 0.0788. The first kappa shape index (κ1) is 23.1. The topological polar surface area (TPSA) is 94.8 Å². The van der Waals surface area contributed by atoms with Crippen molar-refractivity contribution in [2.45, 2.75) is 64.0 Å². The molecule has 3 rings (SSSR count). The van der Waals surface area contributed by atoms with E-state index in [1.54, 1.807) is 33.0 Å². The average Bonchev–Trinajstić information content (AvgIpc) is 3.08. The Balaban J connectivity index is 1.89. The van der Waals surface area contributed by atoms with Gasteiger partial charge in [0.05, 0.1) is 24.1 Å². The van der Waals surface area contributed by atoms with E-state index in [2.05, 4.69) is 15.4 Å². The van der Waals surface area contributed by atoms with Gasteiger partial charge in [0.1, 0.15) is 12.2 Å². The number of nitrogens with one attached hydrogen (secondary N) is 1. The van der Waals surface area contributed by atoms with Crippen molar-refractivity contribution in [3.63, 3.8) is 0 Å². The molecular weight excluding hydrogens is 410 g/mol. The van der Waals surface area contributed by atoms with Crippen LogP contribution in [0.4, 0.5) is 13.6 Å². The lowest BCUT2D eigenvalue weighted by Crippen LogP contribution is -2.40. The maximum absolute atomic E-state index is 13.7. The number of halogens is 2. The molecule has 8 nitrogen and oxygen atoms in total. The van der Waals surface area contributed by atoms with Crippen LogP contribution in [0.1, 0.15) is 68.5 Å². The van der Waals surface area contributed by atoms with E-state index in [1.165, 1.54) is 17.8 Å². The Hall–Kier alpha value is -2.62. The molecule has 1 aliphatic carbocycles. The monoisotopic (exact) mass is 438 g/mol. The molecule has 31 heavy (non-hydrogen) atoms. The standard InChI is InChI=1S/C21H28F2N4O4/c1-20(2,3)31-19(29)26-18(13-5-7-21(22,23)8-6-13)15-11-27-17(25-15)9-14(10-24-27)16(28)12-30-4/h9-11,13,18H,5-8,12H2,1-4H3,(H,26,29)/t18-/m0/s1. The lowest BCUT2D eigenvalue weighted by Gasteiger charge is -2.33. The van der Waals surface area contributed by atoms with E-state index in [4.69, 9.17) is 9.47 Å². The van der Waals surface area contributed by atoms with E-state index in [-0.39, 0.29) is 44.0 Å². The van der Waals surface area contributed by atoms with Crippen LogP contribution >= 0.6 is 0 Å². The second-order valence-electron chi connectivity index (χ2n) is 8.89. The average molecular weight is 438 g/mol. The molecule has 2 aromatic rings. The number of imidazole rings is 1. The van der Waals surface area contributed by atoms with Crippen molar-refractivity contribution in [1.29, 1.82) is 0 Å². The summed E-state index contributed by atoms with van der Waals surface area (Å²) in [4.78, 5) is 29.0. The number of fused-ring (bicyclic) bond motifs is 1. The van der Waals surface area contributed by atoms with Gasteiger partial charge in [-0.3, -0.25) is 4.79 Å². The normalized spacial score (nSPS) is 18.0. The van der Waals surface area contributed by atoms with Crippen molar-refractivity contribution >= 4 is 17.5 Å². The molecule has 0 aromatic carbocycles. The highest BCUT2D eigenvalue weighted by Crippen LogP contribution is 2.41. The number of aromatic nitrogens is 3. The zero-order valence-electron chi connectivity index (χ0n) is 18.2. The minimum atomic E-state index is -2.69. The first-order valence-corrected chi connectivity index (χ1v) is 10.2. The van der Waals surface area contributed by atoms with Gasteiger partial charge in [-0.2, -0.15) is 5.10 Å². The number of methoxy groups -OCH3 is 1. The SMILES string of the molecule is COCC(=O)c1cnn2cc([C@@H](NC(=O)OC(C)(C)C)C3CCC(F)(F)CC3)nc2c1. The number of carbonyl (C=O) groups is 2. The maximum atomic E-state index is 13.7. The summed E-state index contributed by atoms with van der Waals surface area (Å²) >= 11 is 0. The molecule has 10 heteroatoms. The fourth-order valence-corrected chi connectivity index (χ4v) is 3.68. The predicted octanol–water partition coefficient (Wildman–Crippen LogP) is 3.95. The number of alkyl carbamates (subject to hydrolysis) is 1. The van der Waals surface area contributed by atoms with Crippen molar-refractivity contribution in [3.8, 4) is 0 Å². The zero-order chi connectivity index (χ0) is 22.8. The number of hydrogen-bond donors (Lipinski definition) is 1. The van der Waals surface area contributed by atoms with Crippen LogP contribution in [0.5, 0.6) is 0 Å². The Morgan fingerprint density at radius 2 is 2.00 bits per heavy atom. The van der Waals surface area contributed by atoms with Crippen molar-refractivity contribution in [2.75, 3.05) is 13.7 Å². The van der Waals surface area contributed by atoms with Gasteiger partial charge in [-0.05, 0) is 45.6 Å². The molecule has 170 valence electrons. The molecule has 0 saturated heterocycles. The van der Waals surface area contributed by atoms with Gasteiger partial charge in [0.15, 0.2) is 11.4 Å². The summed E-state index contributed by atoms with van der Waals surface area (Å²) in [6.45, 7) is 5.16. The molecule has 1 fully saturated rings. The number of Topliss-reactive ketones (excluding diaryl/α,β-unsaturated/α-hetero) is 1. The number of carbonyl (C=O) groups excluding carboxylic acids is 2. The second-order valence-corrected chi connectivity index (χ2v) is 8.89. The Morgan fingerprint density at radius 3 is 2.61 bits per heavy atom. The van der Waals surface area contributed by atoms with E-state index >= 15 is 0 Å². The zero-order valence-corrected chi connectivity index (χ0v) is 18.2. The third-order valence-electron chi connectivity index (χ3n) is 5.16. The molecule has 0 radical (unpaired) electrons. The fourth-order valence-electron chi connectivity index (χ4n) is 3.68. The van der Waals surface area contributed by atoms with Gasteiger partial charge in [-0.1, -0.05) is 0 Å². The Labute approximate surface area is 179 Å². The quantitative estimate of drug-likeness (QED) is 0.687. The van der Waals surface area contributed by atoms with Crippen LogP contribution in [0.3, 0.4) is 0 Å². The molecule has 1 amide bonds. The number of nitrogens with zero attached hydrogens (tertiary/aromatic N) is 3. The molecule has 1 aliphatic rings. The first-order valence-electron chi connectivity index (χ1n) is 10.2. The molecule has 2 aromatic heterocycles. The summed E-state index contributed by atoms with van der Waals surface area (Å²) in [5, 5.41) is 7.02. The van der Waals surface area contributed by atoms with Crippen LogP contribution in [0.25, 0.3) is 5.65 Å². The summed E-state index contributed by atoms with van der Waals surface area (Å²) in [5.41, 5.74) is 0.533. The van der Waals surface area contributed by atoms with Crippen molar-refractivity contribution in [2.24, 2.45) is 5.92 Å². The van der Waals surface area contributed by atoms with Gasteiger partial charge in [-0.15, -0.1) is 0 Å². The third kappa shape index (κ3) is 5.96. The van der Waals surface area contributed by atoms with Crippen LogP contribution in [-0.4, -0.2) is 51.7 Å². The molecule has 1 saturated carbocycles. The second kappa shape index (κ2) is 8.86. The highest BCUT2D eigenvalue weighted by atomic mass is 19.3. The predicted molar refractivity (Wildman–Crippen MR) is 108 cm³/mol. The van der Waals surface area contributed by atoms with Crippen LogP contribution in [0.2, 0.25) is 0 Å². The molecule has 0 unspecified atom stereocenters. The molecule has 0 aliphatic heterocycles. The van der Waals surface area contributed by atoms with Crippen molar-refractivity contribution in [1.82, 2.24) is 19.9 Å². The molecule has 0 spiro atoms. The van der Waals surface area contributed by atoms with Crippen LogP contribution in [0.15, 0.2) is 18.5 Å². The van der Waals surface area contributed by atoms with Gasteiger partial charge in [-0.25, -0.2) is 23.1 Å². The summed E-state index contributed by atoms with van der Waals surface area (Å²) in [7, 11) is 1.43. The minimum Gasteiger partial charge on any atom is -0.444 e.